The zero-order valence-electron chi connectivity index (χ0n) is 14.9. The van der Waals surface area contributed by atoms with E-state index in [1.54, 1.807) is 0 Å². The predicted molar refractivity (Wildman–Crippen MR) is 93.2 cm³/mol. The lowest BCUT2D eigenvalue weighted by Gasteiger charge is -2.20. The number of ether oxygens (including phenoxy) is 2. The SMILES string of the molecule is CC(C)c1cccc(C(C)C)c1NC(=O)COC(=O)[C@H]1CCCO1. The summed E-state index contributed by atoms with van der Waals surface area (Å²) in [5, 5.41) is 2.93. The van der Waals surface area contributed by atoms with Crippen molar-refractivity contribution in [1.82, 2.24) is 0 Å². The first-order valence-electron chi connectivity index (χ1n) is 8.61. The Balaban J connectivity index is 2.03. The third-order valence-electron chi connectivity index (χ3n) is 4.18. The molecule has 1 fully saturated rings. The number of para-hydroxylation sites is 1. The van der Waals surface area contributed by atoms with Gasteiger partial charge in [0.15, 0.2) is 12.7 Å². The van der Waals surface area contributed by atoms with Gasteiger partial charge in [-0.1, -0.05) is 45.9 Å². The number of hydrogen-bond donors (Lipinski definition) is 1. The topological polar surface area (TPSA) is 64.6 Å². The summed E-state index contributed by atoms with van der Waals surface area (Å²) in [4.78, 5) is 24.1. The van der Waals surface area contributed by atoms with E-state index in [2.05, 4.69) is 33.0 Å². The van der Waals surface area contributed by atoms with Crippen LogP contribution in [0.2, 0.25) is 0 Å². The third-order valence-corrected chi connectivity index (χ3v) is 4.18. The number of hydrogen-bond acceptors (Lipinski definition) is 4. The van der Waals surface area contributed by atoms with Crippen LogP contribution < -0.4 is 5.32 Å². The van der Waals surface area contributed by atoms with E-state index < -0.39 is 12.1 Å². The summed E-state index contributed by atoms with van der Waals surface area (Å²) >= 11 is 0. The molecule has 0 aliphatic carbocycles. The zero-order chi connectivity index (χ0) is 17.7. The van der Waals surface area contributed by atoms with E-state index in [9.17, 15) is 9.59 Å². The first-order valence-corrected chi connectivity index (χ1v) is 8.61. The highest BCUT2D eigenvalue weighted by atomic mass is 16.6. The van der Waals surface area contributed by atoms with Crippen molar-refractivity contribution in [1.29, 1.82) is 0 Å². The molecular formula is C19H27NO4. The molecule has 0 spiro atoms. The molecule has 1 aliphatic heterocycles. The van der Waals surface area contributed by atoms with Gasteiger partial charge in [-0.2, -0.15) is 0 Å². The molecule has 5 nitrogen and oxygen atoms in total. The number of nitrogens with one attached hydrogen (secondary N) is 1. The molecule has 0 radical (unpaired) electrons. The molecule has 0 bridgehead atoms. The van der Waals surface area contributed by atoms with Crippen molar-refractivity contribution >= 4 is 17.6 Å². The van der Waals surface area contributed by atoms with E-state index in [1.165, 1.54) is 0 Å². The molecule has 1 atom stereocenters. The van der Waals surface area contributed by atoms with Crippen LogP contribution in [0.1, 0.15) is 63.5 Å². The van der Waals surface area contributed by atoms with Crippen molar-refractivity contribution in [3.05, 3.63) is 29.3 Å². The Bertz CT molecular complexity index is 563. The molecule has 1 aromatic rings. The Morgan fingerprint density at radius 2 is 1.83 bits per heavy atom. The van der Waals surface area contributed by atoms with Crippen molar-refractivity contribution in [3.8, 4) is 0 Å². The van der Waals surface area contributed by atoms with Gasteiger partial charge in [-0.15, -0.1) is 0 Å². The van der Waals surface area contributed by atoms with E-state index in [0.29, 0.717) is 13.0 Å². The lowest BCUT2D eigenvalue weighted by Crippen LogP contribution is -2.28. The quantitative estimate of drug-likeness (QED) is 0.808. The summed E-state index contributed by atoms with van der Waals surface area (Å²) in [7, 11) is 0. The van der Waals surface area contributed by atoms with Gasteiger partial charge >= 0.3 is 5.97 Å². The largest absolute Gasteiger partial charge is 0.454 e. The normalized spacial score (nSPS) is 17.3. The number of esters is 1. The minimum absolute atomic E-state index is 0.286. The van der Waals surface area contributed by atoms with Crippen LogP contribution in [-0.4, -0.2) is 31.2 Å². The van der Waals surface area contributed by atoms with Crippen LogP contribution in [0.15, 0.2) is 18.2 Å². The van der Waals surface area contributed by atoms with Gasteiger partial charge in [0.25, 0.3) is 5.91 Å². The van der Waals surface area contributed by atoms with Crippen LogP contribution >= 0.6 is 0 Å². The Hall–Kier alpha value is -1.88. The molecule has 1 heterocycles. The lowest BCUT2D eigenvalue weighted by atomic mass is 9.92. The van der Waals surface area contributed by atoms with E-state index in [-0.39, 0.29) is 24.3 Å². The fourth-order valence-corrected chi connectivity index (χ4v) is 2.86. The summed E-state index contributed by atoms with van der Waals surface area (Å²) in [6.45, 7) is 8.65. The Morgan fingerprint density at radius 1 is 1.21 bits per heavy atom. The second-order valence-corrected chi connectivity index (χ2v) is 6.78. The van der Waals surface area contributed by atoms with E-state index in [0.717, 1.165) is 23.2 Å². The maximum absolute atomic E-state index is 12.3. The summed E-state index contributed by atoms with van der Waals surface area (Å²) < 4.78 is 10.3. The van der Waals surface area contributed by atoms with E-state index >= 15 is 0 Å². The maximum atomic E-state index is 12.3. The molecule has 1 N–H and O–H groups in total. The van der Waals surface area contributed by atoms with Crippen LogP contribution in [0.4, 0.5) is 5.69 Å². The van der Waals surface area contributed by atoms with Gasteiger partial charge in [-0.3, -0.25) is 4.79 Å². The minimum atomic E-state index is -0.521. The molecule has 1 aromatic carbocycles. The Labute approximate surface area is 143 Å². The second kappa shape index (κ2) is 8.29. The highest BCUT2D eigenvalue weighted by molar-refractivity contribution is 5.94. The van der Waals surface area contributed by atoms with Crippen LogP contribution in [0, 0.1) is 0 Å². The van der Waals surface area contributed by atoms with Crippen molar-refractivity contribution < 1.29 is 19.1 Å². The van der Waals surface area contributed by atoms with E-state index in [1.807, 2.05) is 18.2 Å². The molecule has 0 saturated carbocycles. The van der Waals surface area contributed by atoms with Gasteiger partial charge in [0.2, 0.25) is 0 Å². The highest BCUT2D eigenvalue weighted by Crippen LogP contribution is 2.32. The third kappa shape index (κ3) is 4.57. The molecule has 0 aromatic heterocycles. The average molecular weight is 333 g/mol. The maximum Gasteiger partial charge on any atom is 0.335 e. The molecule has 132 valence electrons. The molecule has 1 amide bonds. The van der Waals surface area contributed by atoms with Crippen LogP contribution in [0.25, 0.3) is 0 Å². The fraction of sp³-hybridized carbons (Fsp3) is 0.579. The van der Waals surface area contributed by atoms with Gasteiger partial charge in [-0.25, -0.2) is 4.79 Å². The number of carbonyl (C=O) groups excluding carboxylic acids is 2. The first kappa shape index (κ1) is 18.5. The first-order chi connectivity index (χ1) is 11.4. The van der Waals surface area contributed by atoms with Crippen molar-refractivity contribution in [3.63, 3.8) is 0 Å². The number of carbonyl (C=O) groups is 2. The molecular weight excluding hydrogens is 306 g/mol. The Morgan fingerprint density at radius 3 is 2.33 bits per heavy atom. The number of amides is 1. The van der Waals surface area contributed by atoms with Crippen molar-refractivity contribution in [2.75, 3.05) is 18.5 Å². The van der Waals surface area contributed by atoms with Crippen LogP contribution in [0.5, 0.6) is 0 Å². The van der Waals surface area contributed by atoms with Crippen molar-refractivity contribution in [2.24, 2.45) is 0 Å². The molecule has 24 heavy (non-hydrogen) atoms. The van der Waals surface area contributed by atoms with Crippen LogP contribution in [-0.2, 0) is 19.1 Å². The summed E-state index contributed by atoms with van der Waals surface area (Å²) in [5.74, 6) is -0.206. The summed E-state index contributed by atoms with van der Waals surface area (Å²) in [6.07, 6.45) is 0.992. The highest BCUT2D eigenvalue weighted by Gasteiger charge is 2.26. The molecule has 0 unspecified atom stereocenters. The molecule has 1 aliphatic rings. The van der Waals surface area contributed by atoms with Crippen LogP contribution in [0.3, 0.4) is 0 Å². The number of rotatable bonds is 6. The predicted octanol–water partition coefficient (Wildman–Crippen LogP) is 3.59. The smallest absolute Gasteiger partial charge is 0.335 e. The average Bonchev–Trinajstić information content (AvgIpc) is 3.06. The number of benzene rings is 1. The lowest BCUT2D eigenvalue weighted by molar-refractivity contribution is -0.156. The second-order valence-electron chi connectivity index (χ2n) is 6.78. The van der Waals surface area contributed by atoms with Crippen molar-refractivity contribution in [2.45, 2.75) is 58.5 Å². The zero-order valence-corrected chi connectivity index (χ0v) is 14.9. The molecule has 1 saturated heterocycles. The summed E-state index contributed by atoms with van der Waals surface area (Å²) in [6, 6.07) is 6.05. The summed E-state index contributed by atoms with van der Waals surface area (Å²) in [5.41, 5.74) is 3.00. The fourth-order valence-electron chi connectivity index (χ4n) is 2.86. The number of anilines is 1. The monoisotopic (exact) mass is 333 g/mol. The minimum Gasteiger partial charge on any atom is -0.454 e. The van der Waals surface area contributed by atoms with Gasteiger partial charge in [0.05, 0.1) is 0 Å². The molecule has 2 rings (SSSR count). The van der Waals surface area contributed by atoms with Gasteiger partial charge < -0.3 is 14.8 Å². The van der Waals surface area contributed by atoms with Gasteiger partial charge in [0, 0.05) is 12.3 Å². The molecule has 5 heteroatoms. The van der Waals surface area contributed by atoms with Gasteiger partial charge in [0.1, 0.15) is 0 Å². The standard InChI is InChI=1S/C19H27NO4/c1-12(2)14-7-5-8-15(13(3)4)18(14)20-17(21)11-24-19(22)16-9-6-10-23-16/h5,7-8,12-13,16H,6,9-11H2,1-4H3,(H,20,21)/t16-/m1/s1. The Kier molecular flexibility index (Phi) is 6.37. The van der Waals surface area contributed by atoms with Gasteiger partial charge in [-0.05, 0) is 35.8 Å². The van der Waals surface area contributed by atoms with E-state index in [4.69, 9.17) is 9.47 Å².